The van der Waals surface area contributed by atoms with Crippen LogP contribution in [0.15, 0.2) is 11.0 Å². The minimum atomic E-state index is -4.76. The zero-order valence-corrected chi connectivity index (χ0v) is 10.0. The molecule has 0 bridgehead atoms. The van der Waals surface area contributed by atoms with E-state index in [-0.39, 0.29) is 0 Å². The van der Waals surface area contributed by atoms with Gasteiger partial charge in [-0.25, -0.2) is 4.79 Å². The average molecular weight is 295 g/mol. The van der Waals surface area contributed by atoms with Crippen molar-refractivity contribution >= 4 is 5.82 Å². The van der Waals surface area contributed by atoms with Gasteiger partial charge in [-0.05, 0) is 0 Å². The Hall–Kier alpha value is -1.65. The summed E-state index contributed by atoms with van der Waals surface area (Å²) in [6.07, 6.45) is -6.10. The quantitative estimate of drug-likeness (QED) is 0.683. The molecule has 20 heavy (non-hydrogen) atoms. The fourth-order valence-electron chi connectivity index (χ4n) is 2.02. The molecule has 0 aliphatic carbocycles. The van der Waals surface area contributed by atoms with Crippen LogP contribution in [0.25, 0.3) is 0 Å². The Kier molecular flexibility index (Phi) is 3.71. The third-order valence-electron chi connectivity index (χ3n) is 3.11. The molecule has 1 fully saturated rings. The minimum absolute atomic E-state index is 0.412. The van der Waals surface area contributed by atoms with Gasteiger partial charge in [0, 0.05) is 6.20 Å². The SMILES string of the molecule is Nc1nc(=O)n([C@@H]2O[C@H](CO)[C@H]2CO)cc1C(F)(F)F. The molecule has 1 aliphatic rings. The monoisotopic (exact) mass is 295 g/mol. The van der Waals surface area contributed by atoms with Crippen molar-refractivity contribution in [2.45, 2.75) is 18.5 Å². The van der Waals surface area contributed by atoms with Crippen LogP contribution < -0.4 is 11.4 Å². The highest BCUT2D eigenvalue weighted by Crippen LogP contribution is 2.37. The molecule has 1 aromatic heterocycles. The Bertz CT molecular complexity index is 560. The van der Waals surface area contributed by atoms with Crippen molar-refractivity contribution in [3.8, 4) is 0 Å². The van der Waals surface area contributed by atoms with Crippen molar-refractivity contribution in [1.29, 1.82) is 0 Å². The highest BCUT2D eigenvalue weighted by atomic mass is 19.4. The Labute approximate surface area is 110 Å². The molecule has 3 atom stereocenters. The first-order valence-electron chi connectivity index (χ1n) is 5.62. The van der Waals surface area contributed by atoms with Gasteiger partial charge in [0.2, 0.25) is 0 Å². The summed E-state index contributed by atoms with van der Waals surface area (Å²) in [4.78, 5) is 14.7. The smallest absolute Gasteiger partial charge is 0.396 e. The van der Waals surface area contributed by atoms with Crippen molar-refractivity contribution in [3.05, 3.63) is 22.2 Å². The lowest BCUT2D eigenvalue weighted by molar-refractivity contribution is -0.246. The van der Waals surface area contributed by atoms with Gasteiger partial charge in [-0.3, -0.25) is 4.57 Å². The first kappa shape index (κ1) is 14.8. The molecular weight excluding hydrogens is 283 g/mol. The number of nitrogens with zero attached hydrogens (tertiary/aromatic N) is 2. The van der Waals surface area contributed by atoms with Crippen LogP contribution in [0.1, 0.15) is 11.8 Å². The molecule has 1 aliphatic heterocycles. The topological polar surface area (TPSA) is 111 Å². The van der Waals surface area contributed by atoms with Gasteiger partial charge in [-0.1, -0.05) is 0 Å². The second kappa shape index (κ2) is 5.04. The maximum Gasteiger partial charge on any atom is 0.421 e. The normalized spacial score (nSPS) is 26.4. The Morgan fingerprint density at radius 3 is 2.55 bits per heavy atom. The average Bonchev–Trinajstić information content (AvgIpc) is 2.29. The molecule has 0 unspecified atom stereocenters. The molecule has 2 rings (SSSR count). The standard InChI is InChI=1S/C10H12F3N3O4/c11-10(12,13)5-1-16(9(19)15-7(5)14)8-4(2-17)6(3-18)20-8/h1,4,6,8,17-18H,2-3H2,(H2,14,15,19)/t4-,6-,8-/m1/s1. The van der Waals surface area contributed by atoms with Crippen LogP contribution in [0, 0.1) is 5.92 Å². The van der Waals surface area contributed by atoms with Crippen molar-refractivity contribution < 1.29 is 28.1 Å². The number of aromatic nitrogens is 2. The van der Waals surface area contributed by atoms with Crippen LogP contribution in [0.2, 0.25) is 0 Å². The van der Waals surface area contributed by atoms with E-state index in [4.69, 9.17) is 20.7 Å². The van der Waals surface area contributed by atoms with Gasteiger partial charge in [0.15, 0.2) is 0 Å². The Morgan fingerprint density at radius 1 is 1.40 bits per heavy atom. The lowest BCUT2D eigenvalue weighted by Gasteiger charge is -2.43. The van der Waals surface area contributed by atoms with Gasteiger partial charge in [-0.2, -0.15) is 18.2 Å². The van der Waals surface area contributed by atoms with Crippen LogP contribution in [0.4, 0.5) is 19.0 Å². The highest BCUT2D eigenvalue weighted by molar-refractivity contribution is 5.39. The fraction of sp³-hybridized carbons (Fsp3) is 0.600. The number of rotatable bonds is 3. The molecule has 0 saturated carbocycles. The van der Waals surface area contributed by atoms with Crippen molar-refractivity contribution in [3.63, 3.8) is 0 Å². The van der Waals surface area contributed by atoms with Crippen molar-refractivity contribution in [2.75, 3.05) is 18.9 Å². The molecule has 0 spiro atoms. The Balaban J connectivity index is 2.41. The molecule has 10 heteroatoms. The fourth-order valence-corrected chi connectivity index (χ4v) is 2.02. The van der Waals surface area contributed by atoms with E-state index in [9.17, 15) is 18.0 Å². The lowest BCUT2D eigenvalue weighted by Crippen LogP contribution is -2.52. The molecule has 4 N–H and O–H groups in total. The summed E-state index contributed by atoms with van der Waals surface area (Å²) in [5.74, 6) is -1.61. The van der Waals surface area contributed by atoms with E-state index in [1.807, 2.05) is 0 Å². The summed E-state index contributed by atoms with van der Waals surface area (Å²) in [5.41, 5.74) is 2.80. The van der Waals surface area contributed by atoms with Crippen LogP contribution in [-0.2, 0) is 10.9 Å². The van der Waals surface area contributed by atoms with E-state index >= 15 is 0 Å². The van der Waals surface area contributed by atoms with Gasteiger partial charge in [-0.15, -0.1) is 0 Å². The third-order valence-corrected chi connectivity index (χ3v) is 3.11. The van der Waals surface area contributed by atoms with Crippen LogP contribution in [0.5, 0.6) is 0 Å². The molecule has 0 aromatic carbocycles. The molecule has 0 amide bonds. The van der Waals surface area contributed by atoms with Gasteiger partial charge in [0.05, 0.1) is 25.2 Å². The maximum absolute atomic E-state index is 12.7. The minimum Gasteiger partial charge on any atom is -0.396 e. The second-order valence-electron chi connectivity index (χ2n) is 4.32. The predicted octanol–water partition coefficient (Wildman–Crippen LogP) is -0.657. The lowest BCUT2D eigenvalue weighted by atomic mass is 9.95. The number of aliphatic hydroxyl groups is 2. The van der Waals surface area contributed by atoms with E-state index in [1.165, 1.54) is 0 Å². The Morgan fingerprint density at radius 2 is 2.05 bits per heavy atom. The number of halogens is 3. The first-order chi connectivity index (χ1) is 9.29. The summed E-state index contributed by atoms with van der Waals surface area (Å²) in [6, 6.07) is 0. The van der Waals surface area contributed by atoms with Gasteiger partial charge in [0.25, 0.3) is 0 Å². The van der Waals surface area contributed by atoms with Crippen LogP contribution in [-0.4, -0.2) is 39.1 Å². The van der Waals surface area contributed by atoms with E-state index in [0.717, 1.165) is 0 Å². The van der Waals surface area contributed by atoms with Crippen LogP contribution in [0.3, 0.4) is 0 Å². The number of aliphatic hydroxyl groups excluding tert-OH is 2. The molecule has 7 nitrogen and oxygen atoms in total. The number of anilines is 1. The van der Waals surface area contributed by atoms with Crippen molar-refractivity contribution in [2.24, 2.45) is 5.92 Å². The van der Waals surface area contributed by atoms with Gasteiger partial charge >= 0.3 is 11.9 Å². The predicted molar refractivity (Wildman–Crippen MR) is 59.5 cm³/mol. The summed E-state index contributed by atoms with van der Waals surface area (Å²) in [6.45, 7) is -0.862. The second-order valence-corrected chi connectivity index (χ2v) is 4.32. The molecule has 1 saturated heterocycles. The molecule has 1 aromatic rings. The summed E-state index contributed by atoms with van der Waals surface area (Å²) < 4.78 is 43.8. The number of hydrogen-bond acceptors (Lipinski definition) is 6. The number of ether oxygens (including phenoxy) is 1. The summed E-state index contributed by atoms with van der Waals surface area (Å²) in [5, 5.41) is 18.0. The number of nitrogens with two attached hydrogens (primary N) is 1. The van der Waals surface area contributed by atoms with Crippen LogP contribution >= 0.6 is 0 Å². The molecule has 112 valence electrons. The van der Waals surface area contributed by atoms with E-state index in [1.54, 1.807) is 0 Å². The molecular formula is C10H12F3N3O4. The molecule has 2 heterocycles. The highest BCUT2D eigenvalue weighted by Gasteiger charge is 2.44. The zero-order valence-electron chi connectivity index (χ0n) is 10.0. The van der Waals surface area contributed by atoms with E-state index in [0.29, 0.717) is 10.8 Å². The number of hydrogen-bond donors (Lipinski definition) is 3. The number of nitrogen functional groups attached to an aromatic ring is 1. The zero-order chi connectivity index (χ0) is 15.1. The first-order valence-corrected chi connectivity index (χ1v) is 5.62. The largest absolute Gasteiger partial charge is 0.421 e. The number of alkyl halides is 3. The van der Waals surface area contributed by atoms with E-state index in [2.05, 4.69) is 4.98 Å². The summed E-state index contributed by atoms with van der Waals surface area (Å²) in [7, 11) is 0. The van der Waals surface area contributed by atoms with Gasteiger partial charge in [0.1, 0.15) is 17.6 Å². The van der Waals surface area contributed by atoms with E-state index < -0.39 is 54.7 Å². The third kappa shape index (κ3) is 2.37. The summed E-state index contributed by atoms with van der Waals surface area (Å²) >= 11 is 0. The van der Waals surface area contributed by atoms with Crippen molar-refractivity contribution in [1.82, 2.24) is 9.55 Å². The molecule has 0 radical (unpaired) electrons. The maximum atomic E-state index is 12.7. The van der Waals surface area contributed by atoms with Gasteiger partial charge < -0.3 is 20.7 Å².